The monoisotopic (exact) mass is 630 g/mol. The topological polar surface area (TPSA) is 77.0 Å². The van der Waals surface area contributed by atoms with E-state index in [1.54, 1.807) is 0 Å². The van der Waals surface area contributed by atoms with Crippen LogP contribution in [0.3, 0.4) is 0 Å². The van der Waals surface area contributed by atoms with Crippen molar-refractivity contribution in [2.45, 2.75) is 31.6 Å². The molecule has 1 aliphatic heterocycles. The molecule has 0 saturated carbocycles. The fraction of sp³-hybridized carbons (Fsp3) is 0.414. The number of alkyl halides is 6. The number of ether oxygens (including phenoxy) is 3. The first-order valence-electron chi connectivity index (χ1n) is 13.4. The predicted molar refractivity (Wildman–Crippen MR) is 144 cm³/mol. The molecule has 0 radical (unpaired) electrons. The summed E-state index contributed by atoms with van der Waals surface area (Å²) in [6.07, 6.45) is -9.01. The number of amides is 1. The van der Waals surface area contributed by atoms with Crippen molar-refractivity contribution in [1.29, 1.82) is 0 Å². The highest BCUT2D eigenvalue weighted by Crippen LogP contribution is 2.40. The number of aromatic nitrogens is 2. The summed E-state index contributed by atoms with van der Waals surface area (Å²) in [5.41, 5.74) is -5.57. The molecule has 1 aromatic heterocycles. The lowest BCUT2D eigenvalue weighted by Crippen LogP contribution is -2.42. The summed E-state index contributed by atoms with van der Waals surface area (Å²) in [6.45, 7) is 5.78. The van der Waals surface area contributed by atoms with Gasteiger partial charge in [-0.2, -0.15) is 31.3 Å². The zero-order valence-electron chi connectivity index (χ0n) is 23.9. The third kappa shape index (κ3) is 7.94. The van der Waals surface area contributed by atoms with Crippen LogP contribution in [0, 0.1) is 5.82 Å². The molecular formula is C29H29F7N4O4. The predicted octanol–water partition coefficient (Wildman–Crippen LogP) is 6.10. The lowest BCUT2D eigenvalue weighted by molar-refractivity contribution is -0.143. The number of carbonyl (C=O) groups excluding carboxylic acids is 1. The Morgan fingerprint density at radius 2 is 1.52 bits per heavy atom. The van der Waals surface area contributed by atoms with Gasteiger partial charge in [0.2, 0.25) is 11.8 Å². The van der Waals surface area contributed by atoms with Gasteiger partial charge in [-0.3, -0.25) is 9.69 Å². The number of carbonyl (C=O) groups is 1. The van der Waals surface area contributed by atoms with Gasteiger partial charge >= 0.3 is 18.4 Å². The minimum absolute atomic E-state index is 0.00592. The minimum atomic E-state index is -5.09. The molecule has 8 nitrogen and oxygen atoms in total. The Hall–Kier alpha value is -3.98. The molecule has 1 aliphatic rings. The molecule has 0 aliphatic carbocycles. The Morgan fingerprint density at radius 3 is 2.09 bits per heavy atom. The number of hydrogen-bond donors (Lipinski definition) is 0. The average molecular weight is 631 g/mol. The second-order valence-corrected chi connectivity index (χ2v) is 10.5. The van der Waals surface area contributed by atoms with Crippen LogP contribution in [0.25, 0.3) is 0 Å². The molecule has 4 rings (SSSR count). The molecule has 1 saturated heterocycles. The van der Waals surface area contributed by atoms with E-state index in [4.69, 9.17) is 14.2 Å². The van der Waals surface area contributed by atoms with Gasteiger partial charge in [0.15, 0.2) is 0 Å². The number of nitrogens with zero attached hydrogens (tertiary/aromatic N) is 4. The highest BCUT2D eigenvalue weighted by Gasteiger charge is 2.41. The first-order valence-corrected chi connectivity index (χ1v) is 13.4. The quantitative estimate of drug-likeness (QED) is 0.265. The molecule has 0 atom stereocenters. The van der Waals surface area contributed by atoms with Gasteiger partial charge in [-0.25, -0.2) is 9.37 Å². The summed E-state index contributed by atoms with van der Waals surface area (Å²) in [4.78, 5) is 25.2. The van der Waals surface area contributed by atoms with E-state index in [-0.39, 0.29) is 36.0 Å². The highest BCUT2D eigenvalue weighted by atomic mass is 19.4. The Morgan fingerprint density at radius 1 is 0.955 bits per heavy atom. The van der Waals surface area contributed by atoms with Gasteiger partial charge in [-0.05, 0) is 61.9 Å². The number of anilines is 1. The second-order valence-electron chi connectivity index (χ2n) is 10.5. The van der Waals surface area contributed by atoms with E-state index >= 15 is 0 Å². The molecule has 1 fully saturated rings. The molecule has 0 spiro atoms. The van der Waals surface area contributed by atoms with Crippen LogP contribution in [0.5, 0.6) is 17.6 Å². The van der Waals surface area contributed by atoms with Crippen LogP contribution in [0.2, 0.25) is 0 Å². The van der Waals surface area contributed by atoms with Crippen molar-refractivity contribution in [3.05, 3.63) is 71.2 Å². The second kappa shape index (κ2) is 12.9. The molecule has 2 aromatic carbocycles. The van der Waals surface area contributed by atoms with E-state index in [2.05, 4.69) is 14.9 Å². The lowest BCUT2D eigenvalue weighted by atomic mass is 9.81. The van der Waals surface area contributed by atoms with Gasteiger partial charge in [-0.15, -0.1) is 0 Å². The van der Waals surface area contributed by atoms with E-state index in [0.29, 0.717) is 31.9 Å². The zero-order valence-corrected chi connectivity index (χ0v) is 23.9. The molecule has 44 heavy (non-hydrogen) atoms. The summed E-state index contributed by atoms with van der Waals surface area (Å²) in [6, 6.07) is 5.75. The summed E-state index contributed by atoms with van der Waals surface area (Å²) >= 11 is 0. The highest BCUT2D eigenvalue weighted by molar-refractivity contribution is 6.01. The summed E-state index contributed by atoms with van der Waals surface area (Å²) in [5.74, 6) is -1.53. The van der Waals surface area contributed by atoms with E-state index in [1.165, 1.54) is 39.2 Å². The molecule has 2 heterocycles. The summed E-state index contributed by atoms with van der Waals surface area (Å²) in [7, 11) is 1.25. The van der Waals surface area contributed by atoms with Gasteiger partial charge in [-0.1, -0.05) is 0 Å². The number of benzene rings is 2. The fourth-order valence-electron chi connectivity index (χ4n) is 4.39. The Balaban J connectivity index is 1.65. The third-order valence-electron chi connectivity index (χ3n) is 6.99. The van der Waals surface area contributed by atoms with Crippen LogP contribution in [0.4, 0.5) is 36.4 Å². The van der Waals surface area contributed by atoms with Gasteiger partial charge in [0.1, 0.15) is 23.9 Å². The Bertz CT molecular complexity index is 1430. The maximum Gasteiger partial charge on any atom is 0.416 e. The van der Waals surface area contributed by atoms with E-state index < -0.39 is 46.2 Å². The first kappa shape index (κ1) is 32.9. The summed E-state index contributed by atoms with van der Waals surface area (Å²) < 4.78 is 111. The third-order valence-corrected chi connectivity index (χ3v) is 6.99. The largest absolute Gasteiger partial charge is 0.462 e. The molecular weight excluding hydrogens is 601 g/mol. The van der Waals surface area contributed by atoms with Crippen molar-refractivity contribution in [3.63, 3.8) is 0 Å². The molecule has 0 N–H and O–H groups in total. The maximum absolute atomic E-state index is 13.7. The van der Waals surface area contributed by atoms with Crippen molar-refractivity contribution in [2.75, 3.05) is 51.4 Å². The Kier molecular flexibility index (Phi) is 9.68. The number of hydrogen-bond acceptors (Lipinski definition) is 7. The van der Waals surface area contributed by atoms with Gasteiger partial charge < -0.3 is 19.1 Å². The Labute approximate surface area is 248 Å². The van der Waals surface area contributed by atoms with Crippen LogP contribution in [0.15, 0.2) is 48.7 Å². The van der Waals surface area contributed by atoms with Crippen molar-refractivity contribution in [3.8, 4) is 17.6 Å². The standard InChI is InChI=1S/C29H29F7N4O4/c1-27(2,18-14-19(28(31,32)33)16-20(15-18)29(34,35)36)25(41)39(3)23-17-37-26(43-13-10-40-8-11-42-12-9-40)38-24(23)44-22-6-4-21(30)5-7-22/h4-7,14-17H,8-13H2,1-3H3. The smallest absolute Gasteiger partial charge is 0.416 e. The average Bonchev–Trinajstić information content (AvgIpc) is 2.97. The van der Waals surface area contributed by atoms with Crippen molar-refractivity contribution in [1.82, 2.24) is 14.9 Å². The van der Waals surface area contributed by atoms with Crippen LogP contribution < -0.4 is 14.4 Å². The molecule has 238 valence electrons. The maximum atomic E-state index is 13.7. The SMILES string of the molecule is CN(C(=O)C(C)(C)c1cc(C(F)(F)F)cc(C(F)(F)F)c1)c1cnc(OCCN2CCOCC2)nc1Oc1ccc(F)cc1. The van der Waals surface area contributed by atoms with Crippen molar-refractivity contribution >= 4 is 11.6 Å². The number of rotatable bonds is 9. The zero-order chi connectivity index (χ0) is 32.3. The fourth-order valence-corrected chi connectivity index (χ4v) is 4.39. The van der Waals surface area contributed by atoms with E-state index in [0.717, 1.165) is 30.1 Å². The molecule has 3 aromatic rings. The van der Waals surface area contributed by atoms with Crippen LogP contribution >= 0.6 is 0 Å². The molecule has 0 unspecified atom stereocenters. The van der Waals surface area contributed by atoms with Gasteiger partial charge in [0, 0.05) is 26.7 Å². The molecule has 1 amide bonds. The number of morpholine rings is 1. The number of halogens is 7. The minimum Gasteiger partial charge on any atom is -0.462 e. The summed E-state index contributed by atoms with van der Waals surface area (Å²) in [5, 5.41) is 0. The van der Waals surface area contributed by atoms with Crippen LogP contribution in [-0.4, -0.2) is 67.3 Å². The molecule has 15 heteroatoms. The first-order chi connectivity index (χ1) is 20.6. The number of likely N-dealkylation sites (N-methyl/N-ethyl adjacent to an activating group) is 1. The van der Waals surface area contributed by atoms with Crippen LogP contribution in [0.1, 0.15) is 30.5 Å². The van der Waals surface area contributed by atoms with Crippen molar-refractivity contribution in [2.24, 2.45) is 0 Å². The lowest BCUT2D eigenvalue weighted by Gasteiger charge is -2.31. The van der Waals surface area contributed by atoms with Gasteiger partial charge in [0.05, 0.1) is 36.0 Å². The van der Waals surface area contributed by atoms with Crippen molar-refractivity contribution < 1.29 is 49.7 Å². The van der Waals surface area contributed by atoms with E-state index in [1.807, 2.05) is 0 Å². The van der Waals surface area contributed by atoms with E-state index in [9.17, 15) is 35.5 Å². The molecule has 0 bridgehead atoms. The normalized spacial score (nSPS) is 14.8. The van der Waals surface area contributed by atoms with Gasteiger partial charge in [0.25, 0.3) is 0 Å². The van der Waals surface area contributed by atoms with Crippen LogP contribution in [-0.2, 0) is 27.3 Å².